The third kappa shape index (κ3) is 3.00. The summed E-state index contributed by atoms with van der Waals surface area (Å²) in [5, 5.41) is 10.2. The molecule has 0 saturated heterocycles. The molecule has 0 amide bonds. The van der Waals surface area contributed by atoms with E-state index in [1.807, 2.05) is 35.0 Å². The van der Waals surface area contributed by atoms with E-state index in [0.717, 1.165) is 16.1 Å². The van der Waals surface area contributed by atoms with E-state index in [1.165, 1.54) is 10.9 Å². The number of rotatable bonds is 4. The Kier molecular flexibility index (Phi) is 3.85. The van der Waals surface area contributed by atoms with Gasteiger partial charge in [0.1, 0.15) is 0 Å². The van der Waals surface area contributed by atoms with Crippen molar-refractivity contribution in [2.24, 2.45) is 0 Å². The lowest BCUT2D eigenvalue weighted by atomic mass is 10.1. The summed E-state index contributed by atoms with van der Waals surface area (Å²) in [5.74, 6) is 1.87. The first-order chi connectivity index (χ1) is 11.3. The van der Waals surface area contributed by atoms with Crippen molar-refractivity contribution >= 4 is 34.0 Å². The van der Waals surface area contributed by atoms with Gasteiger partial charge >= 0.3 is 0 Å². The first-order valence-electron chi connectivity index (χ1n) is 7.14. The fourth-order valence-electron chi connectivity index (χ4n) is 2.35. The van der Waals surface area contributed by atoms with Gasteiger partial charge in [0.15, 0.2) is 0 Å². The summed E-state index contributed by atoms with van der Waals surface area (Å²) < 4.78 is 5.32. The summed E-state index contributed by atoms with van der Waals surface area (Å²) in [5.41, 5.74) is 3.23. The summed E-state index contributed by atoms with van der Waals surface area (Å²) in [7, 11) is 0. The van der Waals surface area contributed by atoms with Crippen molar-refractivity contribution in [1.29, 1.82) is 0 Å². The van der Waals surface area contributed by atoms with Crippen LogP contribution in [0, 0.1) is 6.92 Å². The number of aryl methyl sites for hydroxylation is 1. The number of hydrogen-bond acceptors (Lipinski definition) is 6. The van der Waals surface area contributed by atoms with E-state index in [2.05, 4.69) is 34.2 Å². The molecule has 0 aliphatic carbocycles. The average molecular weight is 339 g/mol. The van der Waals surface area contributed by atoms with Crippen molar-refractivity contribution < 1.29 is 4.52 Å². The Balaban J connectivity index is 1.53. The van der Waals surface area contributed by atoms with Crippen LogP contribution >= 0.6 is 23.1 Å². The third-order valence-corrected chi connectivity index (χ3v) is 5.07. The second kappa shape index (κ2) is 6.14. The van der Waals surface area contributed by atoms with E-state index < -0.39 is 0 Å². The van der Waals surface area contributed by atoms with Gasteiger partial charge in [0, 0.05) is 16.3 Å². The Morgan fingerprint density at radius 3 is 2.96 bits per heavy atom. The van der Waals surface area contributed by atoms with Crippen LogP contribution in [0.15, 0.2) is 56.7 Å². The molecule has 114 valence electrons. The zero-order valence-corrected chi connectivity index (χ0v) is 14.0. The maximum absolute atomic E-state index is 5.32. The van der Waals surface area contributed by atoms with Crippen molar-refractivity contribution in [1.82, 2.24) is 15.1 Å². The Hall–Kier alpha value is -2.18. The van der Waals surface area contributed by atoms with Crippen LogP contribution in [-0.4, -0.2) is 15.1 Å². The number of aromatic nitrogens is 3. The molecule has 0 unspecified atom stereocenters. The molecule has 4 aromatic rings. The van der Waals surface area contributed by atoms with E-state index in [9.17, 15) is 0 Å². The quantitative estimate of drug-likeness (QED) is 0.493. The Bertz CT molecular complexity index is 948. The van der Waals surface area contributed by atoms with Gasteiger partial charge in [0.2, 0.25) is 11.7 Å². The highest BCUT2D eigenvalue weighted by Crippen LogP contribution is 2.26. The molecule has 1 aromatic carbocycles. The van der Waals surface area contributed by atoms with Crippen molar-refractivity contribution in [3.05, 3.63) is 58.6 Å². The maximum Gasteiger partial charge on any atom is 0.237 e. The van der Waals surface area contributed by atoms with Gasteiger partial charge in [0.05, 0.1) is 16.3 Å². The molecule has 0 atom stereocenters. The van der Waals surface area contributed by atoms with Gasteiger partial charge in [-0.15, -0.1) is 0 Å². The van der Waals surface area contributed by atoms with E-state index >= 15 is 0 Å². The van der Waals surface area contributed by atoms with Crippen LogP contribution in [-0.2, 0) is 5.75 Å². The van der Waals surface area contributed by atoms with E-state index in [1.54, 1.807) is 23.1 Å². The molecule has 3 heterocycles. The van der Waals surface area contributed by atoms with E-state index in [4.69, 9.17) is 4.52 Å². The van der Waals surface area contributed by atoms with Crippen molar-refractivity contribution in [3.63, 3.8) is 0 Å². The minimum Gasteiger partial charge on any atom is -0.338 e. The molecule has 0 radical (unpaired) electrons. The molecule has 3 aromatic heterocycles. The van der Waals surface area contributed by atoms with Crippen LogP contribution in [0.1, 0.15) is 11.5 Å². The van der Waals surface area contributed by atoms with Gasteiger partial charge in [-0.05, 0) is 36.1 Å². The Morgan fingerprint density at radius 1 is 1.17 bits per heavy atom. The first kappa shape index (κ1) is 14.4. The van der Waals surface area contributed by atoms with Crippen molar-refractivity contribution in [2.75, 3.05) is 0 Å². The topological polar surface area (TPSA) is 51.8 Å². The van der Waals surface area contributed by atoms with E-state index in [0.29, 0.717) is 17.5 Å². The van der Waals surface area contributed by atoms with Gasteiger partial charge < -0.3 is 4.52 Å². The molecule has 0 fully saturated rings. The molecule has 4 rings (SSSR count). The summed E-state index contributed by atoms with van der Waals surface area (Å²) in [6.07, 6.45) is 0. The third-order valence-electron chi connectivity index (χ3n) is 3.49. The number of benzene rings is 1. The number of para-hydroxylation sites is 1. The molecular weight excluding hydrogens is 326 g/mol. The van der Waals surface area contributed by atoms with Crippen LogP contribution in [0.2, 0.25) is 0 Å². The molecule has 0 aliphatic heterocycles. The largest absolute Gasteiger partial charge is 0.338 e. The van der Waals surface area contributed by atoms with E-state index in [-0.39, 0.29) is 0 Å². The SMILES string of the molecule is Cc1cc(SCc2nc(-c3ccsc3)no2)nc2ccccc12. The standard InChI is InChI=1S/C17H13N3OS2/c1-11-8-16(18-14-5-3-2-4-13(11)14)23-10-15-19-17(20-21-15)12-6-7-22-9-12/h2-9H,10H2,1H3. The van der Waals surface area contributed by atoms with Crippen LogP contribution in [0.5, 0.6) is 0 Å². The average Bonchev–Trinajstić information content (AvgIpc) is 3.24. The first-order valence-corrected chi connectivity index (χ1v) is 9.07. The van der Waals surface area contributed by atoms with Crippen LogP contribution in [0.3, 0.4) is 0 Å². The van der Waals surface area contributed by atoms with Gasteiger partial charge in [-0.25, -0.2) is 4.98 Å². The monoisotopic (exact) mass is 339 g/mol. The number of hydrogen-bond donors (Lipinski definition) is 0. The minimum atomic E-state index is 0.613. The predicted octanol–water partition coefficient (Wildman–Crippen LogP) is 4.95. The molecule has 0 bridgehead atoms. The molecule has 0 spiro atoms. The second-order valence-corrected chi connectivity index (χ2v) is 6.88. The Labute approximate surface area is 141 Å². The van der Waals surface area contributed by atoms with Crippen LogP contribution in [0.4, 0.5) is 0 Å². The number of thiophene rings is 1. The molecule has 4 nitrogen and oxygen atoms in total. The number of nitrogens with zero attached hydrogens (tertiary/aromatic N) is 3. The Morgan fingerprint density at radius 2 is 2.09 bits per heavy atom. The number of pyridine rings is 1. The lowest BCUT2D eigenvalue weighted by Gasteiger charge is -2.04. The lowest BCUT2D eigenvalue weighted by Crippen LogP contribution is -1.88. The summed E-state index contributed by atoms with van der Waals surface area (Å²) in [6, 6.07) is 12.3. The molecule has 23 heavy (non-hydrogen) atoms. The fourth-order valence-corrected chi connectivity index (χ4v) is 3.80. The predicted molar refractivity (Wildman–Crippen MR) is 93.7 cm³/mol. The van der Waals surface area contributed by atoms with Crippen molar-refractivity contribution in [3.8, 4) is 11.4 Å². The highest BCUT2D eigenvalue weighted by molar-refractivity contribution is 7.98. The maximum atomic E-state index is 5.32. The zero-order chi connectivity index (χ0) is 15.6. The minimum absolute atomic E-state index is 0.613. The highest BCUT2D eigenvalue weighted by Gasteiger charge is 2.10. The van der Waals surface area contributed by atoms with Gasteiger partial charge in [0.25, 0.3) is 0 Å². The molecule has 0 aliphatic rings. The van der Waals surface area contributed by atoms with Crippen LogP contribution < -0.4 is 0 Å². The number of fused-ring (bicyclic) bond motifs is 1. The lowest BCUT2D eigenvalue weighted by molar-refractivity contribution is 0.391. The summed E-state index contributed by atoms with van der Waals surface area (Å²) in [6.45, 7) is 2.11. The zero-order valence-electron chi connectivity index (χ0n) is 12.4. The highest BCUT2D eigenvalue weighted by atomic mass is 32.2. The summed E-state index contributed by atoms with van der Waals surface area (Å²) >= 11 is 3.23. The molecule has 0 N–H and O–H groups in total. The normalized spacial score (nSPS) is 11.2. The van der Waals surface area contributed by atoms with Crippen LogP contribution in [0.25, 0.3) is 22.3 Å². The second-order valence-electron chi connectivity index (χ2n) is 5.11. The molecular formula is C17H13N3OS2. The smallest absolute Gasteiger partial charge is 0.237 e. The summed E-state index contributed by atoms with van der Waals surface area (Å²) in [4.78, 5) is 9.12. The van der Waals surface area contributed by atoms with Gasteiger partial charge in [-0.2, -0.15) is 16.3 Å². The molecule has 0 saturated carbocycles. The van der Waals surface area contributed by atoms with Gasteiger partial charge in [-0.3, -0.25) is 0 Å². The molecule has 6 heteroatoms. The van der Waals surface area contributed by atoms with Crippen molar-refractivity contribution in [2.45, 2.75) is 17.7 Å². The number of thioether (sulfide) groups is 1. The fraction of sp³-hybridized carbons (Fsp3) is 0.118. The van der Waals surface area contributed by atoms with Gasteiger partial charge in [-0.1, -0.05) is 35.1 Å².